The molecule has 0 saturated carbocycles. The number of nitriles is 1. The van der Waals surface area contributed by atoms with Gasteiger partial charge in [-0.3, -0.25) is 0 Å². The molecule has 0 radical (unpaired) electrons. The molecule has 1 aromatic rings. The van der Waals surface area contributed by atoms with E-state index >= 15 is 0 Å². The van der Waals surface area contributed by atoms with Gasteiger partial charge in [-0.15, -0.1) is 0 Å². The predicted molar refractivity (Wildman–Crippen MR) is 84.7 cm³/mol. The van der Waals surface area contributed by atoms with Crippen molar-refractivity contribution in [1.82, 2.24) is 4.90 Å². The molecule has 5 heteroatoms. The van der Waals surface area contributed by atoms with E-state index in [0.717, 1.165) is 31.6 Å². The maximum Gasteiger partial charge on any atom is 0.203 e. The summed E-state index contributed by atoms with van der Waals surface area (Å²) in [6.45, 7) is 3.25. The van der Waals surface area contributed by atoms with Crippen molar-refractivity contribution in [2.24, 2.45) is 0 Å². The molecule has 22 heavy (non-hydrogen) atoms. The number of benzene rings is 1. The molecule has 1 aromatic carbocycles. The lowest BCUT2D eigenvalue weighted by molar-refractivity contribution is 0.320. The Hall–Kier alpha value is -1.93. The van der Waals surface area contributed by atoms with Crippen LogP contribution in [0.5, 0.6) is 17.2 Å². The Labute approximate surface area is 132 Å². The molecular weight excluding hydrogens is 280 g/mol. The lowest BCUT2D eigenvalue weighted by Gasteiger charge is -2.19. The summed E-state index contributed by atoms with van der Waals surface area (Å²) in [6, 6.07) is 6.15. The Morgan fingerprint density at radius 3 is 2.14 bits per heavy atom. The van der Waals surface area contributed by atoms with Gasteiger partial charge in [-0.1, -0.05) is 0 Å². The molecule has 1 saturated heterocycles. The van der Waals surface area contributed by atoms with Crippen LogP contribution in [-0.2, 0) is 0 Å². The minimum atomic E-state index is -0.172. The Morgan fingerprint density at radius 1 is 1.09 bits per heavy atom. The van der Waals surface area contributed by atoms with Gasteiger partial charge in [-0.05, 0) is 56.6 Å². The molecule has 0 amide bonds. The molecule has 120 valence electrons. The van der Waals surface area contributed by atoms with Gasteiger partial charge in [-0.2, -0.15) is 5.26 Å². The van der Waals surface area contributed by atoms with E-state index in [1.807, 2.05) is 12.1 Å². The summed E-state index contributed by atoms with van der Waals surface area (Å²) in [4.78, 5) is 2.42. The summed E-state index contributed by atoms with van der Waals surface area (Å²) in [5, 5.41) is 9.53. The van der Waals surface area contributed by atoms with Crippen LogP contribution in [0.3, 0.4) is 0 Å². The third-order valence-electron chi connectivity index (χ3n) is 4.18. The summed E-state index contributed by atoms with van der Waals surface area (Å²) >= 11 is 0. The quantitative estimate of drug-likeness (QED) is 0.775. The molecule has 1 unspecified atom stereocenters. The standard InChI is InChI=1S/C17H24N2O3/c1-20-15-10-14(11-16(21-2)17(15)22-3)13(12-18)6-9-19-7-4-5-8-19/h10-11,13H,4-9H2,1-3H3. The van der Waals surface area contributed by atoms with Crippen LogP contribution in [0.4, 0.5) is 0 Å². The van der Waals surface area contributed by atoms with Gasteiger partial charge in [-0.25, -0.2) is 0 Å². The van der Waals surface area contributed by atoms with Gasteiger partial charge >= 0.3 is 0 Å². The van der Waals surface area contributed by atoms with Crippen LogP contribution in [0.25, 0.3) is 0 Å². The number of likely N-dealkylation sites (tertiary alicyclic amines) is 1. The topological polar surface area (TPSA) is 54.7 Å². The molecule has 0 bridgehead atoms. The molecule has 0 aromatic heterocycles. The lowest BCUT2D eigenvalue weighted by atomic mass is 9.96. The summed E-state index contributed by atoms with van der Waals surface area (Å²) in [7, 11) is 4.76. The fourth-order valence-corrected chi connectivity index (χ4v) is 2.93. The van der Waals surface area contributed by atoms with E-state index in [0.29, 0.717) is 17.2 Å². The average Bonchev–Trinajstić information content (AvgIpc) is 3.07. The maximum absolute atomic E-state index is 9.53. The molecule has 1 fully saturated rings. The SMILES string of the molecule is COc1cc(C(C#N)CCN2CCCC2)cc(OC)c1OC. The zero-order valence-corrected chi connectivity index (χ0v) is 13.6. The number of methoxy groups -OCH3 is 3. The highest BCUT2D eigenvalue weighted by atomic mass is 16.5. The minimum Gasteiger partial charge on any atom is -0.493 e. The van der Waals surface area contributed by atoms with Crippen molar-refractivity contribution < 1.29 is 14.2 Å². The van der Waals surface area contributed by atoms with E-state index in [9.17, 15) is 5.26 Å². The monoisotopic (exact) mass is 304 g/mol. The molecule has 2 rings (SSSR count). The number of rotatable bonds is 7. The van der Waals surface area contributed by atoms with Crippen LogP contribution in [0, 0.1) is 11.3 Å². The third-order valence-corrected chi connectivity index (χ3v) is 4.18. The first-order valence-corrected chi connectivity index (χ1v) is 7.65. The fourth-order valence-electron chi connectivity index (χ4n) is 2.93. The fraction of sp³-hybridized carbons (Fsp3) is 0.588. The van der Waals surface area contributed by atoms with Gasteiger partial charge in [0.2, 0.25) is 5.75 Å². The molecule has 1 aliphatic rings. The summed E-state index contributed by atoms with van der Waals surface area (Å²) in [5.74, 6) is 1.58. The first-order chi connectivity index (χ1) is 10.7. The van der Waals surface area contributed by atoms with E-state index < -0.39 is 0 Å². The van der Waals surface area contributed by atoms with Crippen molar-refractivity contribution in [2.75, 3.05) is 41.0 Å². The Morgan fingerprint density at radius 2 is 1.68 bits per heavy atom. The van der Waals surface area contributed by atoms with Crippen LogP contribution in [0.1, 0.15) is 30.7 Å². The third kappa shape index (κ3) is 3.63. The first kappa shape index (κ1) is 16.4. The number of hydrogen-bond acceptors (Lipinski definition) is 5. The molecule has 0 N–H and O–H groups in total. The highest BCUT2D eigenvalue weighted by molar-refractivity contribution is 5.55. The van der Waals surface area contributed by atoms with Crippen LogP contribution in [0.2, 0.25) is 0 Å². The second kappa shape index (κ2) is 7.90. The highest BCUT2D eigenvalue weighted by Gasteiger charge is 2.20. The van der Waals surface area contributed by atoms with E-state index in [1.54, 1.807) is 21.3 Å². The molecule has 0 aliphatic carbocycles. The molecule has 1 aliphatic heterocycles. The predicted octanol–water partition coefficient (Wildman–Crippen LogP) is 2.81. The molecule has 1 heterocycles. The smallest absolute Gasteiger partial charge is 0.203 e. The van der Waals surface area contributed by atoms with Crippen molar-refractivity contribution in [2.45, 2.75) is 25.2 Å². The van der Waals surface area contributed by atoms with Crippen molar-refractivity contribution in [3.8, 4) is 23.3 Å². The van der Waals surface area contributed by atoms with Crippen LogP contribution < -0.4 is 14.2 Å². The first-order valence-electron chi connectivity index (χ1n) is 7.65. The van der Waals surface area contributed by atoms with Crippen molar-refractivity contribution in [3.63, 3.8) is 0 Å². The van der Waals surface area contributed by atoms with Crippen LogP contribution >= 0.6 is 0 Å². The van der Waals surface area contributed by atoms with Crippen LogP contribution in [-0.4, -0.2) is 45.9 Å². The molecule has 0 spiro atoms. The number of hydrogen-bond donors (Lipinski definition) is 0. The lowest BCUT2D eigenvalue weighted by Crippen LogP contribution is -2.21. The van der Waals surface area contributed by atoms with E-state index in [2.05, 4.69) is 11.0 Å². The average molecular weight is 304 g/mol. The zero-order chi connectivity index (χ0) is 15.9. The van der Waals surface area contributed by atoms with Crippen molar-refractivity contribution in [3.05, 3.63) is 17.7 Å². The van der Waals surface area contributed by atoms with E-state index in [1.165, 1.54) is 12.8 Å². The number of ether oxygens (including phenoxy) is 3. The molecular formula is C17H24N2O3. The van der Waals surface area contributed by atoms with Crippen molar-refractivity contribution >= 4 is 0 Å². The number of nitrogens with zero attached hydrogens (tertiary/aromatic N) is 2. The Bertz CT molecular complexity index is 508. The van der Waals surface area contributed by atoms with E-state index in [4.69, 9.17) is 14.2 Å². The largest absolute Gasteiger partial charge is 0.493 e. The summed E-state index contributed by atoms with van der Waals surface area (Å²) < 4.78 is 16.1. The van der Waals surface area contributed by atoms with Gasteiger partial charge in [0.05, 0.1) is 33.3 Å². The van der Waals surface area contributed by atoms with E-state index in [-0.39, 0.29) is 5.92 Å². The maximum atomic E-state index is 9.53. The van der Waals surface area contributed by atoms with Gasteiger partial charge in [0, 0.05) is 0 Å². The summed E-state index contributed by atoms with van der Waals surface area (Å²) in [5.41, 5.74) is 0.913. The Kier molecular flexibility index (Phi) is 5.91. The van der Waals surface area contributed by atoms with Crippen molar-refractivity contribution in [1.29, 1.82) is 5.26 Å². The zero-order valence-electron chi connectivity index (χ0n) is 13.6. The van der Waals surface area contributed by atoms with Gasteiger partial charge in [0.1, 0.15) is 0 Å². The second-order valence-corrected chi connectivity index (χ2v) is 5.48. The normalized spacial score (nSPS) is 16.1. The molecule has 1 atom stereocenters. The minimum absolute atomic E-state index is 0.172. The Balaban J connectivity index is 2.18. The van der Waals surface area contributed by atoms with Gasteiger partial charge in [0.25, 0.3) is 0 Å². The van der Waals surface area contributed by atoms with Gasteiger partial charge < -0.3 is 19.1 Å². The summed E-state index contributed by atoms with van der Waals surface area (Å²) in [6.07, 6.45) is 3.35. The second-order valence-electron chi connectivity index (χ2n) is 5.48. The van der Waals surface area contributed by atoms with Crippen LogP contribution in [0.15, 0.2) is 12.1 Å². The molecule has 5 nitrogen and oxygen atoms in total. The highest BCUT2D eigenvalue weighted by Crippen LogP contribution is 2.40. The van der Waals surface area contributed by atoms with Gasteiger partial charge in [0.15, 0.2) is 11.5 Å².